The van der Waals surface area contributed by atoms with Crippen LogP contribution in [0.5, 0.6) is 0 Å². The molecule has 2 aliphatic heterocycles. The number of nitrogens with zero attached hydrogens (tertiary/aromatic N) is 1. The maximum Gasteiger partial charge on any atom is 0.239 e. The molecule has 2 fully saturated rings. The summed E-state index contributed by atoms with van der Waals surface area (Å²) in [6.07, 6.45) is 0.622. The highest BCUT2D eigenvalue weighted by molar-refractivity contribution is 9.10. The first-order valence-corrected chi connectivity index (χ1v) is 7.44. The molecule has 0 N–H and O–H groups in total. The SMILES string of the molecule is CC(C)(Br)C(=O)N1CC2CC1CS2(=O)=O. The van der Waals surface area contributed by atoms with Gasteiger partial charge in [-0.15, -0.1) is 0 Å². The second-order valence-corrected chi connectivity index (χ2v) is 9.08. The lowest BCUT2D eigenvalue weighted by Gasteiger charge is -2.31. The van der Waals surface area contributed by atoms with Crippen molar-refractivity contribution in [2.24, 2.45) is 0 Å². The number of hydrogen-bond acceptors (Lipinski definition) is 3. The summed E-state index contributed by atoms with van der Waals surface area (Å²) in [6.45, 7) is 3.95. The number of carbonyl (C=O) groups is 1. The normalized spacial score (nSPS) is 33.4. The van der Waals surface area contributed by atoms with Crippen LogP contribution >= 0.6 is 15.9 Å². The molecule has 6 heteroatoms. The number of fused-ring (bicyclic) bond motifs is 2. The Labute approximate surface area is 98.1 Å². The van der Waals surface area contributed by atoms with Crippen LogP contribution in [-0.4, -0.2) is 47.1 Å². The quantitative estimate of drug-likeness (QED) is 0.664. The van der Waals surface area contributed by atoms with Gasteiger partial charge in [0.05, 0.1) is 15.3 Å². The molecular formula is C9H14BrNO3S. The van der Waals surface area contributed by atoms with Crippen molar-refractivity contribution < 1.29 is 13.2 Å². The highest BCUT2D eigenvalue weighted by atomic mass is 79.9. The molecular weight excluding hydrogens is 282 g/mol. The van der Waals surface area contributed by atoms with E-state index in [1.165, 1.54) is 0 Å². The number of carbonyl (C=O) groups excluding carboxylic acids is 1. The fraction of sp³-hybridized carbons (Fsp3) is 0.889. The lowest BCUT2D eigenvalue weighted by atomic mass is 10.1. The van der Waals surface area contributed by atoms with Gasteiger partial charge in [0.2, 0.25) is 5.91 Å². The Morgan fingerprint density at radius 1 is 1.47 bits per heavy atom. The van der Waals surface area contributed by atoms with Crippen molar-refractivity contribution in [2.75, 3.05) is 12.3 Å². The smallest absolute Gasteiger partial charge is 0.239 e. The van der Waals surface area contributed by atoms with Crippen molar-refractivity contribution in [3.63, 3.8) is 0 Å². The summed E-state index contributed by atoms with van der Waals surface area (Å²) in [5, 5.41) is -0.318. The first-order valence-electron chi connectivity index (χ1n) is 4.93. The molecule has 0 aromatic carbocycles. The van der Waals surface area contributed by atoms with Crippen molar-refractivity contribution in [1.29, 1.82) is 0 Å². The van der Waals surface area contributed by atoms with Gasteiger partial charge in [-0.1, -0.05) is 15.9 Å². The Morgan fingerprint density at radius 3 is 2.40 bits per heavy atom. The lowest BCUT2D eigenvalue weighted by Crippen LogP contribution is -2.49. The van der Waals surface area contributed by atoms with E-state index in [0.717, 1.165) is 0 Å². The average Bonchev–Trinajstić information content (AvgIpc) is 2.55. The summed E-state index contributed by atoms with van der Waals surface area (Å²) in [4.78, 5) is 13.7. The molecule has 2 bridgehead atoms. The molecule has 4 nitrogen and oxygen atoms in total. The maximum atomic E-state index is 12.0. The predicted molar refractivity (Wildman–Crippen MR) is 60.7 cm³/mol. The van der Waals surface area contributed by atoms with E-state index in [-0.39, 0.29) is 23.0 Å². The molecule has 0 saturated carbocycles. The predicted octanol–water partition coefficient (Wildman–Crippen LogP) is 0.558. The molecule has 15 heavy (non-hydrogen) atoms. The summed E-state index contributed by atoms with van der Waals surface area (Å²) in [7, 11) is -2.91. The lowest BCUT2D eigenvalue weighted by molar-refractivity contribution is -0.133. The van der Waals surface area contributed by atoms with Gasteiger partial charge in [0.1, 0.15) is 0 Å². The minimum atomic E-state index is -2.91. The van der Waals surface area contributed by atoms with Crippen LogP contribution in [-0.2, 0) is 14.6 Å². The number of amides is 1. The number of sulfone groups is 1. The molecule has 0 radical (unpaired) electrons. The Kier molecular flexibility index (Phi) is 2.43. The molecule has 2 saturated heterocycles. The Bertz CT molecular complexity index is 398. The van der Waals surface area contributed by atoms with E-state index in [9.17, 15) is 13.2 Å². The van der Waals surface area contributed by atoms with Gasteiger partial charge in [-0.25, -0.2) is 8.42 Å². The zero-order valence-electron chi connectivity index (χ0n) is 8.73. The largest absolute Gasteiger partial charge is 0.336 e. The molecule has 0 aliphatic carbocycles. The third-order valence-corrected chi connectivity index (χ3v) is 5.62. The van der Waals surface area contributed by atoms with E-state index in [2.05, 4.69) is 15.9 Å². The fourth-order valence-corrected chi connectivity index (χ4v) is 4.54. The van der Waals surface area contributed by atoms with Gasteiger partial charge in [0, 0.05) is 12.6 Å². The topological polar surface area (TPSA) is 54.5 Å². The molecule has 2 rings (SSSR count). The summed E-state index contributed by atoms with van der Waals surface area (Å²) >= 11 is 3.31. The van der Waals surface area contributed by atoms with Gasteiger partial charge in [-0.2, -0.15) is 0 Å². The van der Waals surface area contributed by atoms with Gasteiger partial charge in [0.25, 0.3) is 0 Å². The van der Waals surface area contributed by atoms with E-state index < -0.39 is 14.2 Å². The van der Waals surface area contributed by atoms with Crippen molar-refractivity contribution >= 4 is 31.7 Å². The van der Waals surface area contributed by atoms with Crippen LogP contribution in [0.2, 0.25) is 0 Å². The number of likely N-dealkylation sites (tertiary alicyclic amines) is 1. The zero-order chi connectivity index (χ0) is 11.4. The first-order chi connectivity index (χ1) is 6.72. The molecule has 0 aromatic rings. The van der Waals surface area contributed by atoms with Crippen molar-refractivity contribution in [3.05, 3.63) is 0 Å². The maximum absolute atomic E-state index is 12.0. The molecule has 2 heterocycles. The first kappa shape index (κ1) is 11.4. The van der Waals surface area contributed by atoms with Gasteiger partial charge in [0.15, 0.2) is 9.84 Å². The van der Waals surface area contributed by atoms with Gasteiger partial charge < -0.3 is 4.90 Å². The zero-order valence-corrected chi connectivity index (χ0v) is 11.1. The second-order valence-electron chi connectivity index (χ2n) is 4.77. The van der Waals surface area contributed by atoms with Crippen LogP contribution in [0.1, 0.15) is 20.3 Å². The Balaban J connectivity index is 2.17. The van der Waals surface area contributed by atoms with Gasteiger partial charge in [-0.3, -0.25) is 4.79 Å². The molecule has 2 aliphatic rings. The number of hydrogen-bond donors (Lipinski definition) is 0. The molecule has 1 amide bonds. The Morgan fingerprint density at radius 2 is 2.07 bits per heavy atom. The number of alkyl halides is 1. The van der Waals surface area contributed by atoms with Crippen molar-refractivity contribution in [1.82, 2.24) is 4.90 Å². The molecule has 2 atom stereocenters. The Hall–Kier alpha value is -0.100. The van der Waals surface area contributed by atoms with E-state index in [4.69, 9.17) is 0 Å². The van der Waals surface area contributed by atoms with E-state index in [1.807, 2.05) is 0 Å². The third kappa shape index (κ3) is 1.82. The standard InChI is InChI=1S/C9H14BrNO3S/c1-9(2,10)8(12)11-4-7-3-6(11)5-15(7,13)14/h6-7H,3-5H2,1-2H3. The van der Waals surface area contributed by atoms with E-state index >= 15 is 0 Å². The van der Waals surface area contributed by atoms with E-state index in [0.29, 0.717) is 13.0 Å². The van der Waals surface area contributed by atoms with Gasteiger partial charge >= 0.3 is 0 Å². The highest BCUT2D eigenvalue weighted by Crippen LogP contribution is 2.35. The van der Waals surface area contributed by atoms with Crippen LogP contribution in [0.3, 0.4) is 0 Å². The summed E-state index contributed by atoms with van der Waals surface area (Å²) in [5.74, 6) is 0.136. The van der Waals surface area contributed by atoms with Crippen LogP contribution in [0.15, 0.2) is 0 Å². The monoisotopic (exact) mass is 295 g/mol. The molecule has 0 aromatic heterocycles. The van der Waals surface area contributed by atoms with Gasteiger partial charge in [-0.05, 0) is 20.3 Å². The average molecular weight is 296 g/mol. The van der Waals surface area contributed by atoms with Crippen LogP contribution < -0.4 is 0 Å². The fourth-order valence-electron chi connectivity index (χ4n) is 2.29. The van der Waals surface area contributed by atoms with Crippen molar-refractivity contribution in [3.8, 4) is 0 Å². The number of rotatable bonds is 1. The third-order valence-electron chi connectivity index (χ3n) is 3.08. The molecule has 0 spiro atoms. The minimum Gasteiger partial charge on any atom is -0.336 e. The molecule has 2 unspecified atom stereocenters. The second kappa shape index (κ2) is 3.20. The summed E-state index contributed by atoms with van der Waals surface area (Å²) in [5.41, 5.74) is 0. The van der Waals surface area contributed by atoms with Crippen molar-refractivity contribution in [2.45, 2.75) is 35.9 Å². The minimum absolute atomic E-state index is 0.00935. The van der Waals surface area contributed by atoms with Crippen LogP contribution in [0.25, 0.3) is 0 Å². The highest BCUT2D eigenvalue weighted by Gasteiger charge is 2.51. The molecule has 86 valence electrons. The van der Waals surface area contributed by atoms with Crippen LogP contribution in [0, 0.1) is 0 Å². The van der Waals surface area contributed by atoms with E-state index in [1.54, 1.807) is 18.7 Å². The number of halogens is 1. The summed E-state index contributed by atoms with van der Waals surface area (Å²) < 4.78 is 22.4. The summed E-state index contributed by atoms with van der Waals surface area (Å²) in [6, 6.07) is -0.0932. The van der Waals surface area contributed by atoms with Crippen LogP contribution in [0.4, 0.5) is 0 Å².